The van der Waals surface area contributed by atoms with Crippen molar-refractivity contribution >= 4 is 5.91 Å². The van der Waals surface area contributed by atoms with Crippen LogP contribution in [0.15, 0.2) is 30.5 Å². The van der Waals surface area contributed by atoms with E-state index >= 15 is 0 Å². The Hall–Kier alpha value is -2.17. The molecule has 1 amide bonds. The Morgan fingerprint density at radius 2 is 2.29 bits per heavy atom. The lowest BCUT2D eigenvalue weighted by molar-refractivity contribution is -0.130. The molecule has 5 heteroatoms. The van der Waals surface area contributed by atoms with E-state index in [4.69, 9.17) is 0 Å². The Morgan fingerprint density at radius 3 is 2.86 bits per heavy atom. The number of rotatable bonds is 4. The van der Waals surface area contributed by atoms with Gasteiger partial charge < -0.3 is 5.32 Å². The third kappa shape index (κ3) is 2.44. The Bertz CT molecular complexity index is 661. The van der Waals surface area contributed by atoms with Gasteiger partial charge in [-0.15, -0.1) is 0 Å². The zero-order chi connectivity index (χ0) is 14.9. The number of halogens is 1. The van der Waals surface area contributed by atoms with E-state index < -0.39 is 5.41 Å². The van der Waals surface area contributed by atoms with Gasteiger partial charge in [-0.2, -0.15) is 5.10 Å². The number of aromatic nitrogens is 2. The molecule has 0 radical (unpaired) electrons. The fraction of sp³-hybridized carbons (Fsp3) is 0.375. The number of nitrogens with one attached hydrogen (secondary N) is 2. The Kier molecular flexibility index (Phi) is 3.49. The van der Waals surface area contributed by atoms with Crippen molar-refractivity contribution in [2.45, 2.75) is 38.1 Å². The highest BCUT2D eigenvalue weighted by atomic mass is 19.1. The van der Waals surface area contributed by atoms with Crippen molar-refractivity contribution in [3.05, 3.63) is 53.1 Å². The SMILES string of the molecule is Cc1[nH]ncc1CNC(=O)C1(c2cccc(F)c2)CCC1. The van der Waals surface area contributed by atoms with Crippen LogP contribution in [0.25, 0.3) is 0 Å². The van der Waals surface area contributed by atoms with Crippen LogP contribution in [0.2, 0.25) is 0 Å². The van der Waals surface area contributed by atoms with Crippen LogP contribution < -0.4 is 5.32 Å². The van der Waals surface area contributed by atoms with E-state index in [9.17, 15) is 9.18 Å². The molecule has 0 aliphatic heterocycles. The molecule has 1 heterocycles. The molecule has 0 saturated heterocycles. The largest absolute Gasteiger partial charge is 0.351 e. The maximum absolute atomic E-state index is 13.4. The molecule has 4 nitrogen and oxygen atoms in total. The van der Waals surface area contributed by atoms with E-state index in [2.05, 4.69) is 15.5 Å². The molecular formula is C16H18FN3O. The normalized spacial score (nSPS) is 16.3. The van der Waals surface area contributed by atoms with Crippen LogP contribution in [-0.4, -0.2) is 16.1 Å². The first kappa shape index (κ1) is 13.8. The lowest BCUT2D eigenvalue weighted by Gasteiger charge is -2.40. The Labute approximate surface area is 122 Å². The van der Waals surface area contributed by atoms with Crippen molar-refractivity contribution < 1.29 is 9.18 Å². The summed E-state index contributed by atoms with van der Waals surface area (Å²) in [5, 5.41) is 9.75. The number of aryl methyl sites for hydroxylation is 1. The minimum absolute atomic E-state index is 0.0278. The molecule has 3 rings (SSSR count). The average Bonchev–Trinajstić information content (AvgIpc) is 2.81. The van der Waals surface area contributed by atoms with Gasteiger partial charge in [-0.25, -0.2) is 4.39 Å². The van der Waals surface area contributed by atoms with Gasteiger partial charge in [-0.3, -0.25) is 9.89 Å². The van der Waals surface area contributed by atoms with Crippen molar-refractivity contribution in [1.82, 2.24) is 15.5 Å². The third-order valence-corrected chi connectivity index (χ3v) is 4.39. The topological polar surface area (TPSA) is 57.8 Å². The monoisotopic (exact) mass is 287 g/mol. The van der Waals surface area contributed by atoms with Crippen molar-refractivity contribution in [1.29, 1.82) is 0 Å². The van der Waals surface area contributed by atoms with E-state index in [0.717, 1.165) is 36.1 Å². The second-order valence-electron chi connectivity index (χ2n) is 5.65. The molecule has 1 aromatic heterocycles. The summed E-state index contributed by atoms with van der Waals surface area (Å²) in [6.07, 6.45) is 4.25. The van der Waals surface area contributed by atoms with Crippen LogP contribution in [0.3, 0.4) is 0 Å². The lowest BCUT2D eigenvalue weighted by atomic mass is 9.64. The predicted molar refractivity (Wildman–Crippen MR) is 77.1 cm³/mol. The molecule has 1 saturated carbocycles. The summed E-state index contributed by atoms with van der Waals surface area (Å²) in [4.78, 5) is 12.6. The van der Waals surface area contributed by atoms with Crippen molar-refractivity contribution in [3.8, 4) is 0 Å². The Morgan fingerprint density at radius 1 is 1.48 bits per heavy atom. The molecule has 1 fully saturated rings. The molecule has 1 aliphatic rings. The van der Waals surface area contributed by atoms with Gasteiger partial charge in [0.05, 0.1) is 11.6 Å². The Balaban J connectivity index is 1.76. The molecule has 1 aliphatic carbocycles. The van der Waals surface area contributed by atoms with Crippen LogP contribution in [0.4, 0.5) is 4.39 Å². The molecule has 2 N–H and O–H groups in total. The minimum atomic E-state index is -0.570. The van der Waals surface area contributed by atoms with Gasteiger partial charge >= 0.3 is 0 Å². The van der Waals surface area contributed by atoms with E-state index in [0.29, 0.717) is 6.54 Å². The van der Waals surface area contributed by atoms with E-state index in [1.807, 2.05) is 13.0 Å². The molecular weight excluding hydrogens is 269 g/mol. The molecule has 0 unspecified atom stereocenters. The van der Waals surface area contributed by atoms with Gasteiger partial charge in [0.15, 0.2) is 0 Å². The number of benzene rings is 1. The maximum atomic E-state index is 13.4. The zero-order valence-corrected chi connectivity index (χ0v) is 11.9. The van der Waals surface area contributed by atoms with Crippen LogP contribution in [0.5, 0.6) is 0 Å². The van der Waals surface area contributed by atoms with E-state index in [1.165, 1.54) is 12.1 Å². The number of hydrogen-bond donors (Lipinski definition) is 2. The summed E-state index contributed by atoms with van der Waals surface area (Å²) in [7, 11) is 0. The molecule has 0 atom stereocenters. The van der Waals surface area contributed by atoms with Crippen LogP contribution in [-0.2, 0) is 16.8 Å². The predicted octanol–water partition coefficient (Wildman–Crippen LogP) is 2.60. The summed E-state index contributed by atoms with van der Waals surface area (Å²) in [6, 6.07) is 6.38. The number of hydrogen-bond acceptors (Lipinski definition) is 2. The first-order valence-electron chi connectivity index (χ1n) is 7.15. The number of nitrogens with zero attached hydrogens (tertiary/aromatic N) is 1. The quantitative estimate of drug-likeness (QED) is 0.908. The molecule has 0 spiro atoms. The maximum Gasteiger partial charge on any atom is 0.230 e. The van der Waals surface area contributed by atoms with Gasteiger partial charge in [0.1, 0.15) is 5.82 Å². The van der Waals surface area contributed by atoms with Gasteiger partial charge in [0.25, 0.3) is 0 Å². The second kappa shape index (κ2) is 5.31. The first-order chi connectivity index (χ1) is 10.1. The molecule has 110 valence electrons. The van der Waals surface area contributed by atoms with E-state index in [1.54, 1.807) is 12.3 Å². The van der Waals surface area contributed by atoms with Gasteiger partial charge in [-0.05, 0) is 37.5 Å². The highest BCUT2D eigenvalue weighted by Gasteiger charge is 2.45. The second-order valence-corrected chi connectivity index (χ2v) is 5.65. The smallest absolute Gasteiger partial charge is 0.230 e. The minimum Gasteiger partial charge on any atom is -0.351 e. The van der Waals surface area contributed by atoms with Crippen LogP contribution >= 0.6 is 0 Å². The van der Waals surface area contributed by atoms with Crippen molar-refractivity contribution in [2.24, 2.45) is 0 Å². The van der Waals surface area contributed by atoms with Crippen LogP contribution in [0.1, 0.15) is 36.1 Å². The summed E-state index contributed by atoms with van der Waals surface area (Å²) in [6.45, 7) is 2.36. The summed E-state index contributed by atoms with van der Waals surface area (Å²) in [5.74, 6) is -0.322. The first-order valence-corrected chi connectivity index (χ1v) is 7.15. The third-order valence-electron chi connectivity index (χ3n) is 4.39. The van der Waals surface area contributed by atoms with Crippen LogP contribution in [0, 0.1) is 12.7 Å². The molecule has 0 bridgehead atoms. The number of carbonyl (C=O) groups excluding carboxylic acids is 1. The molecule has 21 heavy (non-hydrogen) atoms. The molecule has 1 aromatic carbocycles. The van der Waals surface area contributed by atoms with Gasteiger partial charge in [-0.1, -0.05) is 18.6 Å². The standard InChI is InChI=1S/C16H18FN3O/c1-11-12(10-19-20-11)9-18-15(21)16(6-3-7-16)13-4-2-5-14(17)8-13/h2,4-5,8,10H,3,6-7,9H2,1H3,(H,18,21)(H,19,20). The average molecular weight is 287 g/mol. The highest BCUT2D eigenvalue weighted by Crippen LogP contribution is 2.44. The summed E-state index contributed by atoms with van der Waals surface area (Å²) >= 11 is 0. The van der Waals surface area contributed by atoms with Gasteiger partial charge in [0, 0.05) is 17.8 Å². The fourth-order valence-corrected chi connectivity index (χ4v) is 2.86. The van der Waals surface area contributed by atoms with Gasteiger partial charge in [0.2, 0.25) is 5.91 Å². The van der Waals surface area contributed by atoms with E-state index in [-0.39, 0.29) is 11.7 Å². The number of H-pyrrole nitrogens is 1. The van der Waals surface area contributed by atoms with Crippen molar-refractivity contribution in [3.63, 3.8) is 0 Å². The number of amides is 1. The highest BCUT2D eigenvalue weighted by molar-refractivity contribution is 5.89. The zero-order valence-electron chi connectivity index (χ0n) is 11.9. The number of aromatic amines is 1. The lowest BCUT2D eigenvalue weighted by Crippen LogP contribution is -2.49. The summed E-state index contributed by atoms with van der Waals surface area (Å²) < 4.78 is 13.4. The number of carbonyl (C=O) groups is 1. The fourth-order valence-electron chi connectivity index (χ4n) is 2.86. The summed E-state index contributed by atoms with van der Waals surface area (Å²) in [5.41, 5.74) is 2.12. The van der Waals surface area contributed by atoms with Crippen molar-refractivity contribution in [2.75, 3.05) is 0 Å². The molecule has 2 aromatic rings.